The number of amides is 1. The van der Waals surface area contributed by atoms with Crippen LogP contribution in [0, 0.1) is 0 Å². The second kappa shape index (κ2) is 11.6. The van der Waals surface area contributed by atoms with Gasteiger partial charge in [0, 0.05) is 42.2 Å². The van der Waals surface area contributed by atoms with Gasteiger partial charge >= 0.3 is 5.97 Å². The maximum Gasteiger partial charge on any atom is 0.335 e. The quantitative estimate of drug-likeness (QED) is 0.238. The number of nitrogens with zero attached hydrogens (tertiary/aromatic N) is 1. The zero-order chi connectivity index (χ0) is 25.5. The summed E-state index contributed by atoms with van der Waals surface area (Å²) >= 11 is 0. The molecule has 0 aliphatic carbocycles. The molecular formula is C30H32N2O4. The van der Waals surface area contributed by atoms with Gasteiger partial charge in [0.25, 0.3) is 0 Å². The number of anilines is 1. The number of benzene rings is 3. The summed E-state index contributed by atoms with van der Waals surface area (Å²) in [4.78, 5) is 23.8. The van der Waals surface area contributed by atoms with Gasteiger partial charge in [-0.3, -0.25) is 4.79 Å². The highest BCUT2D eigenvalue weighted by Crippen LogP contribution is 2.31. The van der Waals surface area contributed by atoms with E-state index in [1.807, 2.05) is 42.5 Å². The third kappa shape index (κ3) is 5.95. The zero-order valence-electron chi connectivity index (χ0n) is 20.8. The molecule has 1 heterocycles. The van der Waals surface area contributed by atoms with Crippen LogP contribution in [-0.2, 0) is 17.8 Å². The molecule has 2 N–H and O–H groups in total. The number of aromatic nitrogens is 1. The summed E-state index contributed by atoms with van der Waals surface area (Å²) in [5.74, 6) is -0.420. The molecule has 6 heteroatoms. The van der Waals surface area contributed by atoms with E-state index in [0.29, 0.717) is 18.6 Å². The van der Waals surface area contributed by atoms with Crippen molar-refractivity contribution >= 4 is 28.5 Å². The van der Waals surface area contributed by atoms with E-state index in [1.165, 1.54) is 5.56 Å². The molecule has 4 aromatic rings. The van der Waals surface area contributed by atoms with Crippen LogP contribution < -0.4 is 10.1 Å². The lowest BCUT2D eigenvalue weighted by Gasteiger charge is -2.10. The Bertz CT molecular complexity index is 1360. The molecule has 0 radical (unpaired) electrons. The molecule has 4 rings (SSSR count). The van der Waals surface area contributed by atoms with E-state index < -0.39 is 5.97 Å². The number of fused-ring (bicyclic) bond motifs is 1. The highest BCUT2D eigenvalue weighted by atomic mass is 16.5. The van der Waals surface area contributed by atoms with Crippen LogP contribution in [-0.4, -0.2) is 28.7 Å². The largest absolute Gasteiger partial charge is 0.496 e. The molecule has 3 aromatic carbocycles. The van der Waals surface area contributed by atoms with Crippen molar-refractivity contribution in [3.63, 3.8) is 0 Å². The molecule has 36 heavy (non-hydrogen) atoms. The number of hydrogen-bond donors (Lipinski definition) is 2. The summed E-state index contributed by atoms with van der Waals surface area (Å²) in [5, 5.41) is 13.4. The highest BCUT2D eigenvalue weighted by Gasteiger charge is 2.15. The molecule has 1 amide bonds. The van der Waals surface area contributed by atoms with Crippen LogP contribution in [0.1, 0.15) is 59.7 Å². The van der Waals surface area contributed by atoms with Crippen LogP contribution in [0.25, 0.3) is 10.9 Å². The molecular weight excluding hydrogens is 452 g/mol. The summed E-state index contributed by atoms with van der Waals surface area (Å²) in [5.41, 5.74) is 5.20. The lowest BCUT2D eigenvalue weighted by molar-refractivity contribution is -0.116. The first-order chi connectivity index (χ1) is 17.5. The average Bonchev–Trinajstić information content (AvgIpc) is 3.21. The number of unbranched alkanes of at least 4 members (excludes halogenated alkanes) is 2. The second-order valence-electron chi connectivity index (χ2n) is 9.01. The van der Waals surface area contributed by atoms with E-state index in [-0.39, 0.29) is 11.5 Å². The molecule has 6 nitrogen and oxygen atoms in total. The number of methoxy groups -OCH3 is 1. The van der Waals surface area contributed by atoms with Crippen molar-refractivity contribution in [3.05, 3.63) is 95.2 Å². The number of carboxylic acid groups (broad SMARTS) is 1. The summed E-state index contributed by atoms with van der Waals surface area (Å²) < 4.78 is 7.73. The summed E-state index contributed by atoms with van der Waals surface area (Å²) in [6.07, 6.45) is 6.22. The number of carbonyl (C=O) groups excluding carboxylic acids is 1. The molecule has 0 bridgehead atoms. The van der Waals surface area contributed by atoms with Crippen LogP contribution >= 0.6 is 0 Å². The van der Waals surface area contributed by atoms with E-state index in [9.17, 15) is 14.7 Å². The van der Waals surface area contributed by atoms with E-state index in [2.05, 4.69) is 35.1 Å². The molecule has 0 spiro atoms. The first kappa shape index (κ1) is 25.0. The number of ether oxygens (including phenoxy) is 1. The Balaban J connectivity index is 1.70. The fourth-order valence-electron chi connectivity index (χ4n) is 4.49. The van der Waals surface area contributed by atoms with Gasteiger partial charge < -0.3 is 19.7 Å². The van der Waals surface area contributed by atoms with Crippen LogP contribution in [0.5, 0.6) is 5.75 Å². The fourth-order valence-corrected chi connectivity index (χ4v) is 4.49. The second-order valence-corrected chi connectivity index (χ2v) is 9.01. The summed E-state index contributed by atoms with van der Waals surface area (Å²) in [7, 11) is 1.55. The highest BCUT2D eigenvalue weighted by molar-refractivity contribution is 5.95. The van der Waals surface area contributed by atoms with Crippen molar-refractivity contribution < 1.29 is 19.4 Å². The number of hydrogen-bond acceptors (Lipinski definition) is 3. The normalized spacial score (nSPS) is 10.9. The minimum Gasteiger partial charge on any atom is -0.496 e. The van der Waals surface area contributed by atoms with Gasteiger partial charge in [-0.2, -0.15) is 0 Å². The Morgan fingerprint density at radius 2 is 1.78 bits per heavy atom. The van der Waals surface area contributed by atoms with Gasteiger partial charge in [-0.1, -0.05) is 56.2 Å². The minimum absolute atomic E-state index is 0.0268. The Hall–Kier alpha value is -4.06. The van der Waals surface area contributed by atoms with Crippen molar-refractivity contribution in [1.29, 1.82) is 0 Å². The summed E-state index contributed by atoms with van der Waals surface area (Å²) in [6.45, 7) is 2.84. The van der Waals surface area contributed by atoms with Gasteiger partial charge in [0.2, 0.25) is 5.91 Å². The Kier molecular flexibility index (Phi) is 8.06. The molecule has 0 saturated heterocycles. The molecule has 0 unspecified atom stereocenters. The number of rotatable bonds is 11. The Morgan fingerprint density at radius 3 is 2.50 bits per heavy atom. The topological polar surface area (TPSA) is 80.6 Å². The Morgan fingerprint density at radius 1 is 0.972 bits per heavy atom. The van der Waals surface area contributed by atoms with Crippen molar-refractivity contribution in [3.8, 4) is 5.75 Å². The van der Waals surface area contributed by atoms with Crippen molar-refractivity contribution in [2.45, 2.75) is 45.6 Å². The summed E-state index contributed by atoms with van der Waals surface area (Å²) in [6, 6.07) is 21.3. The number of carbonyl (C=O) groups is 2. The maximum absolute atomic E-state index is 12.4. The standard InChI is InChI=1S/C30H32N2O4/c1-3-4-6-11-29(33)31-25-14-15-27-26(18-25)24(20-32(27)19-21-9-7-5-8-10-21)16-22-12-13-23(30(34)35)17-28(22)36-2/h5,7-10,12-15,17-18,20H,3-4,6,11,16,19H2,1-2H3,(H,31,33)(H,34,35). The molecule has 1 aromatic heterocycles. The van der Waals surface area contributed by atoms with Crippen molar-refractivity contribution in [2.75, 3.05) is 12.4 Å². The molecule has 0 fully saturated rings. The number of nitrogens with one attached hydrogen (secondary N) is 1. The SMILES string of the molecule is CCCCCC(=O)Nc1ccc2c(c1)c(Cc1ccc(C(=O)O)cc1OC)cn2Cc1ccccc1. The van der Waals surface area contributed by atoms with Crippen LogP contribution in [0.2, 0.25) is 0 Å². The van der Waals surface area contributed by atoms with Crippen molar-refractivity contribution in [1.82, 2.24) is 4.57 Å². The third-order valence-electron chi connectivity index (χ3n) is 6.37. The van der Waals surface area contributed by atoms with Gasteiger partial charge in [-0.05, 0) is 53.4 Å². The van der Waals surface area contributed by atoms with E-state index in [1.54, 1.807) is 19.2 Å². The lowest BCUT2D eigenvalue weighted by atomic mass is 10.0. The van der Waals surface area contributed by atoms with E-state index in [4.69, 9.17) is 4.74 Å². The zero-order valence-corrected chi connectivity index (χ0v) is 20.8. The predicted octanol–water partition coefficient (Wildman–Crippen LogP) is 6.51. The molecule has 0 aliphatic rings. The molecule has 186 valence electrons. The van der Waals surface area contributed by atoms with Crippen molar-refractivity contribution in [2.24, 2.45) is 0 Å². The van der Waals surface area contributed by atoms with E-state index in [0.717, 1.165) is 53.5 Å². The van der Waals surface area contributed by atoms with Crippen LogP contribution in [0.15, 0.2) is 72.9 Å². The first-order valence-electron chi connectivity index (χ1n) is 12.3. The maximum atomic E-state index is 12.4. The van der Waals surface area contributed by atoms with Crippen LogP contribution in [0.4, 0.5) is 5.69 Å². The minimum atomic E-state index is -0.987. The third-order valence-corrected chi connectivity index (χ3v) is 6.37. The smallest absolute Gasteiger partial charge is 0.335 e. The van der Waals surface area contributed by atoms with Gasteiger partial charge in [-0.15, -0.1) is 0 Å². The average molecular weight is 485 g/mol. The molecule has 0 atom stereocenters. The van der Waals surface area contributed by atoms with E-state index >= 15 is 0 Å². The lowest BCUT2D eigenvalue weighted by Crippen LogP contribution is -2.11. The number of carboxylic acids is 1. The van der Waals surface area contributed by atoms with Gasteiger partial charge in [0.05, 0.1) is 12.7 Å². The first-order valence-corrected chi connectivity index (χ1v) is 12.3. The van der Waals surface area contributed by atoms with Gasteiger partial charge in [0.15, 0.2) is 0 Å². The number of aromatic carboxylic acids is 1. The Labute approximate surface area is 211 Å². The van der Waals surface area contributed by atoms with Crippen LogP contribution in [0.3, 0.4) is 0 Å². The predicted molar refractivity (Wildman–Crippen MR) is 143 cm³/mol. The van der Waals surface area contributed by atoms with Gasteiger partial charge in [-0.25, -0.2) is 4.79 Å². The van der Waals surface area contributed by atoms with Gasteiger partial charge in [0.1, 0.15) is 5.75 Å². The fraction of sp³-hybridized carbons (Fsp3) is 0.267. The molecule has 0 aliphatic heterocycles. The monoisotopic (exact) mass is 484 g/mol. The molecule has 0 saturated carbocycles.